The second-order valence-corrected chi connectivity index (χ2v) is 5.61. The Hall–Kier alpha value is -2.11. The summed E-state index contributed by atoms with van der Waals surface area (Å²) in [7, 11) is 0. The highest BCUT2D eigenvalue weighted by molar-refractivity contribution is 5.87. The van der Waals surface area contributed by atoms with Crippen LogP contribution in [0.1, 0.15) is 6.92 Å². The third-order valence-corrected chi connectivity index (χ3v) is 4.35. The molecule has 3 heterocycles. The topological polar surface area (TPSA) is 174 Å². The van der Waals surface area contributed by atoms with Crippen LogP contribution >= 0.6 is 0 Å². The maximum Gasteiger partial charge on any atom is 0.303 e. The number of ether oxygens (including phenoxy) is 1. The van der Waals surface area contributed by atoms with Crippen LogP contribution in [0.25, 0.3) is 0 Å². The second-order valence-electron chi connectivity index (χ2n) is 5.61. The number of hydrogen-bond acceptors (Lipinski definition) is 7. The SMILES string of the molecule is CC(=O)OC1CN2C(=N)N[C@@H](CO)[C@@H]3NC(=N)NC32C1(O)O. The van der Waals surface area contributed by atoms with Crippen LogP contribution in [-0.4, -0.2) is 80.9 Å². The molecule has 0 bridgehead atoms. The van der Waals surface area contributed by atoms with Crippen LogP contribution in [0.15, 0.2) is 0 Å². The van der Waals surface area contributed by atoms with Crippen molar-refractivity contribution < 1.29 is 24.9 Å². The minimum atomic E-state index is -2.57. The van der Waals surface area contributed by atoms with Gasteiger partial charge in [-0.1, -0.05) is 0 Å². The lowest BCUT2D eigenvalue weighted by molar-refractivity contribution is -0.263. The fraction of sp³-hybridized carbons (Fsp3) is 0.727. The standard InChI is InChI=1S/C11H18N6O5/c1-4(19)22-6-2-17-9(13)14-5(3-18)7-10(17,11(6,20)21)16-8(12)15-7/h5-7,18,20-21H,2-3H2,1H3,(H2,13,14)(H3,12,15,16)/t5-,6?,7-,10?/m0/s1. The summed E-state index contributed by atoms with van der Waals surface area (Å²) in [6.07, 6.45) is -1.31. The number of hydrogen-bond donors (Lipinski definition) is 8. The summed E-state index contributed by atoms with van der Waals surface area (Å²) in [6, 6.07) is -1.55. The summed E-state index contributed by atoms with van der Waals surface area (Å²) in [4.78, 5) is 12.5. The Labute approximate surface area is 125 Å². The van der Waals surface area contributed by atoms with Crippen molar-refractivity contribution in [2.75, 3.05) is 13.2 Å². The van der Waals surface area contributed by atoms with E-state index in [1.165, 1.54) is 4.90 Å². The van der Waals surface area contributed by atoms with E-state index >= 15 is 0 Å². The summed E-state index contributed by atoms with van der Waals surface area (Å²) in [6.45, 7) is 0.610. The van der Waals surface area contributed by atoms with Crippen molar-refractivity contribution in [3.05, 3.63) is 0 Å². The van der Waals surface area contributed by atoms with Crippen molar-refractivity contribution >= 4 is 17.9 Å². The molecule has 2 unspecified atom stereocenters. The molecule has 22 heavy (non-hydrogen) atoms. The molecule has 0 aromatic heterocycles. The molecule has 0 aromatic carbocycles. The Bertz CT molecular complexity index is 553. The van der Waals surface area contributed by atoms with Crippen LogP contribution in [0.5, 0.6) is 0 Å². The normalized spacial score (nSPS) is 38.5. The Morgan fingerprint density at radius 3 is 2.73 bits per heavy atom. The summed E-state index contributed by atoms with van der Waals surface area (Å²) >= 11 is 0. The molecule has 0 aromatic rings. The highest BCUT2D eigenvalue weighted by Crippen LogP contribution is 2.43. The van der Waals surface area contributed by atoms with Crippen molar-refractivity contribution in [3.8, 4) is 0 Å². The number of guanidine groups is 2. The quantitative estimate of drug-likeness (QED) is 0.187. The van der Waals surface area contributed by atoms with Crippen LogP contribution in [0.3, 0.4) is 0 Å². The van der Waals surface area contributed by atoms with E-state index in [0.717, 1.165) is 6.92 Å². The average molecular weight is 314 g/mol. The molecule has 3 rings (SSSR count). The van der Waals surface area contributed by atoms with Gasteiger partial charge in [0.25, 0.3) is 0 Å². The van der Waals surface area contributed by atoms with Gasteiger partial charge in [0.2, 0.25) is 5.79 Å². The van der Waals surface area contributed by atoms with E-state index in [0.29, 0.717) is 0 Å². The van der Waals surface area contributed by atoms with Crippen molar-refractivity contribution in [1.29, 1.82) is 10.8 Å². The molecule has 3 fully saturated rings. The number of carbonyl (C=O) groups is 1. The monoisotopic (exact) mass is 314 g/mol. The molecule has 0 amide bonds. The molecule has 3 aliphatic rings. The number of nitrogens with one attached hydrogen (secondary N) is 5. The molecule has 3 saturated heterocycles. The van der Waals surface area contributed by atoms with Crippen molar-refractivity contribution in [3.63, 3.8) is 0 Å². The lowest BCUT2D eigenvalue weighted by Crippen LogP contribution is -2.80. The molecule has 11 nitrogen and oxygen atoms in total. The van der Waals surface area contributed by atoms with Crippen LogP contribution in [0.2, 0.25) is 0 Å². The Kier molecular flexibility index (Phi) is 2.99. The molecular weight excluding hydrogens is 296 g/mol. The summed E-state index contributed by atoms with van der Waals surface area (Å²) in [5.74, 6) is -3.60. The summed E-state index contributed by atoms with van der Waals surface area (Å²) in [5.41, 5.74) is -1.69. The summed E-state index contributed by atoms with van der Waals surface area (Å²) < 4.78 is 4.97. The molecule has 122 valence electrons. The number of rotatable bonds is 2. The molecule has 0 aliphatic carbocycles. The molecule has 3 aliphatic heterocycles. The fourth-order valence-electron chi connectivity index (χ4n) is 3.47. The fourth-order valence-corrected chi connectivity index (χ4v) is 3.47. The molecule has 0 saturated carbocycles. The summed E-state index contributed by atoms with van der Waals surface area (Å²) in [5, 5.41) is 54.6. The van der Waals surface area contributed by atoms with Crippen molar-refractivity contribution in [2.45, 2.75) is 36.6 Å². The lowest BCUT2D eigenvalue weighted by atomic mass is 9.85. The number of carbonyl (C=O) groups excluding carboxylic acids is 1. The predicted octanol–water partition coefficient (Wildman–Crippen LogP) is -3.99. The first-order valence-corrected chi connectivity index (χ1v) is 6.73. The number of aliphatic hydroxyl groups is 3. The Morgan fingerprint density at radius 2 is 2.14 bits per heavy atom. The van der Waals surface area contributed by atoms with Gasteiger partial charge in [-0.2, -0.15) is 0 Å². The van der Waals surface area contributed by atoms with Gasteiger partial charge in [0, 0.05) is 6.92 Å². The lowest BCUT2D eigenvalue weighted by Gasteiger charge is -2.50. The van der Waals surface area contributed by atoms with E-state index < -0.39 is 35.6 Å². The number of aliphatic hydroxyl groups excluding tert-OH is 1. The van der Waals surface area contributed by atoms with Gasteiger partial charge in [-0.05, 0) is 0 Å². The second kappa shape index (κ2) is 4.44. The van der Waals surface area contributed by atoms with Gasteiger partial charge in [0.1, 0.15) is 0 Å². The van der Waals surface area contributed by atoms with Crippen LogP contribution in [0.4, 0.5) is 0 Å². The number of nitrogens with zero attached hydrogens (tertiary/aromatic N) is 1. The van der Waals surface area contributed by atoms with Gasteiger partial charge in [-0.3, -0.25) is 15.6 Å². The minimum absolute atomic E-state index is 0.144. The smallest absolute Gasteiger partial charge is 0.303 e. The maximum absolute atomic E-state index is 11.2. The molecule has 1 spiro atoms. The first-order chi connectivity index (χ1) is 10.2. The third-order valence-electron chi connectivity index (χ3n) is 4.35. The highest BCUT2D eigenvalue weighted by Gasteiger charge is 2.75. The van der Waals surface area contributed by atoms with Gasteiger partial charge < -0.3 is 40.9 Å². The number of esters is 1. The van der Waals surface area contributed by atoms with E-state index in [4.69, 9.17) is 15.6 Å². The van der Waals surface area contributed by atoms with Crippen LogP contribution in [-0.2, 0) is 9.53 Å². The van der Waals surface area contributed by atoms with Gasteiger partial charge in [-0.15, -0.1) is 0 Å². The molecule has 4 atom stereocenters. The zero-order valence-electron chi connectivity index (χ0n) is 11.8. The average Bonchev–Trinajstić information content (AvgIpc) is 2.87. The predicted molar refractivity (Wildman–Crippen MR) is 71.7 cm³/mol. The first kappa shape index (κ1) is 14.8. The van der Waals surface area contributed by atoms with E-state index in [9.17, 15) is 20.1 Å². The van der Waals surface area contributed by atoms with E-state index in [1.54, 1.807) is 0 Å². The Morgan fingerprint density at radius 1 is 1.45 bits per heavy atom. The Balaban J connectivity index is 2.08. The molecule has 11 heteroatoms. The van der Waals surface area contributed by atoms with Gasteiger partial charge in [-0.25, -0.2) is 0 Å². The highest BCUT2D eigenvalue weighted by atomic mass is 16.6. The van der Waals surface area contributed by atoms with Crippen LogP contribution < -0.4 is 16.0 Å². The van der Waals surface area contributed by atoms with E-state index in [2.05, 4.69) is 16.0 Å². The zero-order valence-corrected chi connectivity index (χ0v) is 11.8. The van der Waals surface area contributed by atoms with Crippen molar-refractivity contribution in [1.82, 2.24) is 20.9 Å². The van der Waals surface area contributed by atoms with E-state index in [-0.39, 0.29) is 25.1 Å². The van der Waals surface area contributed by atoms with Gasteiger partial charge in [0.15, 0.2) is 23.7 Å². The third kappa shape index (κ3) is 1.63. The van der Waals surface area contributed by atoms with Gasteiger partial charge >= 0.3 is 5.97 Å². The van der Waals surface area contributed by atoms with E-state index in [1.807, 2.05) is 0 Å². The van der Waals surface area contributed by atoms with Crippen LogP contribution in [0, 0.1) is 10.8 Å². The maximum atomic E-state index is 11.2. The van der Waals surface area contributed by atoms with Crippen molar-refractivity contribution in [2.24, 2.45) is 0 Å². The zero-order chi connectivity index (χ0) is 16.3. The van der Waals surface area contributed by atoms with Gasteiger partial charge in [0.05, 0.1) is 25.2 Å². The molecular formula is C11H18N6O5. The largest absolute Gasteiger partial charge is 0.455 e. The molecule has 8 N–H and O–H groups in total. The minimum Gasteiger partial charge on any atom is -0.455 e. The first-order valence-electron chi connectivity index (χ1n) is 6.73. The molecule has 0 radical (unpaired) electrons.